The number of hydrogen-bond acceptors (Lipinski definition) is 3. The van der Waals surface area contributed by atoms with E-state index in [1.807, 2.05) is 42.7 Å². The Morgan fingerprint density at radius 2 is 1.62 bits per heavy atom. The summed E-state index contributed by atoms with van der Waals surface area (Å²) in [7, 11) is 0. The Morgan fingerprint density at radius 3 is 2.31 bits per heavy atom. The number of piperidine rings is 2. The lowest BCUT2D eigenvalue weighted by molar-refractivity contribution is -0.139. The number of rotatable bonds is 4. The van der Waals surface area contributed by atoms with Gasteiger partial charge in [0.05, 0.1) is 5.92 Å². The van der Waals surface area contributed by atoms with E-state index >= 15 is 0 Å². The highest BCUT2D eigenvalue weighted by Gasteiger charge is 2.33. The molecule has 0 spiro atoms. The van der Waals surface area contributed by atoms with Gasteiger partial charge in [-0.25, -0.2) is 0 Å². The van der Waals surface area contributed by atoms with Crippen molar-refractivity contribution in [2.45, 2.75) is 58.9 Å². The van der Waals surface area contributed by atoms with Gasteiger partial charge in [-0.2, -0.15) is 0 Å². The molecule has 2 fully saturated rings. The van der Waals surface area contributed by atoms with Crippen LogP contribution in [0.25, 0.3) is 0 Å². The molecule has 0 bridgehead atoms. The Kier molecular flexibility index (Phi) is 6.93. The fraction of sp³-hybridized carbons (Fsp3) is 0.609. The van der Waals surface area contributed by atoms with E-state index < -0.39 is 0 Å². The summed E-state index contributed by atoms with van der Waals surface area (Å²) in [6.07, 6.45) is 3.94. The van der Waals surface area contributed by atoms with Crippen molar-refractivity contribution in [1.82, 2.24) is 15.1 Å². The SMILES string of the molecule is CCC(=O)NC1CCCN(C(=O)C2CCCN(C(=O)c3cc(C)cc(C)c3)C2)C1. The van der Waals surface area contributed by atoms with Crippen LogP contribution in [0.2, 0.25) is 0 Å². The molecule has 2 aliphatic heterocycles. The van der Waals surface area contributed by atoms with Crippen molar-refractivity contribution >= 4 is 17.7 Å². The highest BCUT2D eigenvalue weighted by Crippen LogP contribution is 2.23. The molecule has 0 radical (unpaired) electrons. The molecule has 29 heavy (non-hydrogen) atoms. The van der Waals surface area contributed by atoms with Crippen molar-refractivity contribution in [2.75, 3.05) is 26.2 Å². The molecule has 6 nitrogen and oxygen atoms in total. The summed E-state index contributed by atoms with van der Waals surface area (Å²) in [5, 5.41) is 3.02. The Balaban J connectivity index is 1.63. The first-order valence-corrected chi connectivity index (χ1v) is 10.8. The van der Waals surface area contributed by atoms with Gasteiger partial charge in [0, 0.05) is 44.2 Å². The van der Waals surface area contributed by atoms with Crippen LogP contribution in [-0.2, 0) is 9.59 Å². The molecule has 2 unspecified atom stereocenters. The Morgan fingerprint density at radius 1 is 0.966 bits per heavy atom. The van der Waals surface area contributed by atoms with Crippen LogP contribution < -0.4 is 5.32 Å². The standard InChI is InChI=1S/C23H33N3O3/c1-4-21(27)24-20-8-6-10-26(15-20)22(28)18-7-5-9-25(14-18)23(29)19-12-16(2)11-17(3)13-19/h11-13,18,20H,4-10,14-15H2,1-3H3,(H,24,27). The Bertz CT molecular complexity index is 756. The molecular formula is C23H33N3O3. The van der Waals surface area contributed by atoms with Gasteiger partial charge in [-0.15, -0.1) is 0 Å². The number of hydrogen-bond donors (Lipinski definition) is 1. The lowest BCUT2D eigenvalue weighted by atomic mass is 9.94. The minimum atomic E-state index is -0.153. The molecule has 2 saturated heterocycles. The van der Waals surface area contributed by atoms with Crippen molar-refractivity contribution in [3.8, 4) is 0 Å². The number of nitrogens with one attached hydrogen (secondary N) is 1. The van der Waals surface area contributed by atoms with Gasteiger partial charge in [0.25, 0.3) is 5.91 Å². The summed E-state index contributed by atoms with van der Waals surface area (Å²) in [6.45, 7) is 8.32. The third-order valence-corrected chi connectivity index (χ3v) is 5.95. The maximum Gasteiger partial charge on any atom is 0.253 e. The van der Waals surface area contributed by atoms with Gasteiger partial charge in [0.2, 0.25) is 11.8 Å². The quantitative estimate of drug-likeness (QED) is 0.846. The van der Waals surface area contributed by atoms with Gasteiger partial charge in [-0.05, 0) is 51.7 Å². The summed E-state index contributed by atoms with van der Waals surface area (Å²) in [6, 6.07) is 5.94. The summed E-state index contributed by atoms with van der Waals surface area (Å²) in [4.78, 5) is 41.6. The van der Waals surface area contributed by atoms with Crippen LogP contribution in [0.15, 0.2) is 18.2 Å². The topological polar surface area (TPSA) is 69.7 Å². The van der Waals surface area contributed by atoms with Crippen LogP contribution in [0, 0.1) is 19.8 Å². The van der Waals surface area contributed by atoms with Gasteiger partial charge in [-0.1, -0.05) is 24.1 Å². The smallest absolute Gasteiger partial charge is 0.253 e. The Labute approximate surface area is 173 Å². The molecular weight excluding hydrogens is 366 g/mol. The summed E-state index contributed by atoms with van der Waals surface area (Å²) >= 11 is 0. The van der Waals surface area contributed by atoms with Crippen molar-refractivity contribution < 1.29 is 14.4 Å². The van der Waals surface area contributed by atoms with E-state index in [-0.39, 0.29) is 29.7 Å². The monoisotopic (exact) mass is 399 g/mol. The van der Waals surface area contributed by atoms with Crippen LogP contribution in [0.1, 0.15) is 60.5 Å². The fourth-order valence-electron chi connectivity index (χ4n) is 4.53. The van der Waals surface area contributed by atoms with E-state index in [9.17, 15) is 14.4 Å². The zero-order valence-corrected chi connectivity index (χ0v) is 17.9. The third-order valence-electron chi connectivity index (χ3n) is 5.95. The largest absolute Gasteiger partial charge is 0.352 e. The molecule has 3 rings (SSSR count). The third kappa shape index (κ3) is 5.37. The molecule has 1 N–H and O–H groups in total. The summed E-state index contributed by atoms with van der Waals surface area (Å²) < 4.78 is 0. The van der Waals surface area contributed by atoms with Crippen molar-refractivity contribution in [2.24, 2.45) is 5.92 Å². The van der Waals surface area contributed by atoms with Crippen LogP contribution in [0.3, 0.4) is 0 Å². The minimum absolute atomic E-state index is 0.0148. The Hall–Kier alpha value is -2.37. The number of nitrogens with zero attached hydrogens (tertiary/aromatic N) is 2. The van der Waals surface area contributed by atoms with Gasteiger partial charge in [0.1, 0.15) is 0 Å². The van der Waals surface area contributed by atoms with E-state index in [1.165, 1.54) is 0 Å². The van der Waals surface area contributed by atoms with E-state index in [2.05, 4.69) is 11.4 Å². The molecule has 158 valence electrons. The second-order valence-electron chi connectivity index (χ2n) is 8.51. The normalized spacial score (nSPS) is 22.3. The average molecular weight is 400 g/mol. The number of benzene rings is 1. The van der Waals surface area contributed by atoms with Gasteiger partial charge in [-0.3, -0.25) is 14.4 Å². The molecule has 2 aliphatic rings. The van der Waals surface area contributed by atoms with Crippen LogP contribution in [0.4, 0.5) is 0 Å². The van der Waals surface area contributed by atoms with E-state index in [0.717, 1.165) is 43.4 Å². The fourth-order valence-corrected chi connectivity index (χ4v) is 4.53. The number of aryl methyl sites for hydroxylation is 2. The van der Waals surface area contributed by atoms with E-state index in [1.54, 1.807) is 0 Å². The molecule has 1 aromatic carbocycles. The maximum absolute atomic E-state index is 13.1. The zero-order chi connectivity index (χ0) is 21.0. The van der Waals surface area contributed by atoms with Gasteiger partial charge in [0.15, 0.2) is 0 Å². The van der Waals surface area contributed by atoms with Crippen molar-refractivity contribution in [1.29, 1.82) is 0 Å². The minimum Gasteiger partial charge on any atom is -0.352 e. The second-order valence-corrected chi connectivity index (χ2v) is 8.51. The first kappa shape index (κ1) is 21.3. The lowest BCUT2D eigenvalue weighted by Crippen LogP contribution is -2.53. The average Bonchev–Trinajstić information content (AvgIpc) is 2.72. The molecule has 2 heterocycles. The molecule has 3 amide bonds. The zero-order valence-electron chi connectivity index (χ0n) is 17.9. The van der Waals surface area contributed by atoms with Crippen molar-refractivity contribution in [3.63, 3.8) is 0 Å². The highest BCUT2D eigenvalue weighted by molar-refractivity contribution is 5.95. The summed E-state index contributed by atoms with van der Waals surface area (Å²) in [5.74, 6) is 0.0193. The molecule has 0 aromatic heterocycles. The van der Waals surface area contributed by atoms with E-state index in [0.29, 0.717) is 31.6 Å². The van der Waals surface area contributed by atoms with E-state index in [4.69, 9.17) is 0 Å². The molecule has 0 aliphatic carbocycles. The van der Waals surface area contributed by atoms with Crippen LogP contribution in [0.5, 0.6) is 0 Å². The van der Waals surface area contributed by atoms with Gasteiger partial charge >= 0.3 is 0 Å². The first-order valence-electron chi connectivity index (χ1n) is 10.8. The number of carbonyl (C=O) groups excluding carboxylic acids is 3. The summed E-state index contributed by atoms with van der Waals surface area (Å²) in [5.41, 5.74) is 2.86. The van der Waals surface area contributed by atoms with Crippen LogP contribution in [-0.4, -0.2) is 59.7 Å². The molecule has 1 aromatic rings. The van der Waals surface area contributed by atoms with Gasteiger partial charge < -0.3 is 15.1 Å². The predicted octanol–water partition coefficient (Wildman–Crippen LogP) is 2.67. The lowest BCUT2D eigenvalue weighted by Gasteiger charge is -2.38. The van der Waals surface area contributed by atoms with Crippen molar-refractivity contribution in [3.05, 3.63) is 34.9 Å². The second kappa shape index (κ2) is 9.42. The number of amides is 3. The van der Waals surface area contributed by atoms with Crippen LogP contribution >= 0.6 is 0 Å². The molecule has 2 atom stereocenters. The maximum atomic E-state index is 13.1. The highest BCUT2D eigenvalue weighted by atomic mass is 16.2. The molecule has 0 saturated carbocycles. The number of carbonyl (C=O) groups is 3. The number of likely N-dealkylation sites (tertiary alicyclic amines) is 2. The predicted molar refractivity (Wildman–Crippen MR) is 113 cm³/mol. The first-order chi connectivity index (χ1) is 13.9. The molecule has 6 heteroatoms.